The Labute approximate surface area is 132 Å². The summed E-state index contributed by atoms with van der Waals surface area (Å²) in [5.74, 6) is 0.637. The van der Waals surface area contributed by atoms with Gasteiger partial charge in [-0.05, 0) is 51.5 Å². The van der Waals surface area contributed by atoms with E-state index in [0.717, 1.165) is 26.1 Å². The number of hydrogen-bond donors (Lipinski definition) is 1. The molecule has 1 aliphatic heterocycles. The van der Waals surface area contributed by atoms with Crippen LogP contribution in [0.1, 0.15) is 66.9 Å². The number of rotatable bonds is 6. The van der Waals surface area contributed by atoms with Gasteiger partial charge in [-0.25, -0.2) is 4.98 Å². The van der Waals surface area contributed by atoms with Crippen LogP contribution in [-0.4, -0.2) is 30.8 Å². The summed E-state index contributed by atoms with van der Waals surface area (Å²) in [5, 5.41) is 4.89. The summed E-state index contributed by atoms with van der Waals surface area (Å²) < 4.78 is 5.87. The second-order valence-corrected chi connectivity index (χ2v) is 7.57. The van der Waals surface area contributed by atoms with Crippen molar-refractivity contribution in [3.8, 4) is 0 Å². The van der Waals surface area contributed by atoms with E-state index in [1.165, 1.54) is 55.6 Å². The molecule has 1 aromatic rings. The second kappa shape index (κ2) is 7.70. The molecule has 1 fully saturated rings. The zero-order chi connectivity index (χ0) is 14.5. The maximum absolute atomic E-state index is 5.87. The van der Waals surface area contributed by atoms with Crippen LogP contribution in [-0.2, 0) is 17.6 Å². The SMILES string of the molecule is CCCNCC1CCCc2sc(CC3CCCCO3)nc21. The Morgan fingerprint density at radius 3 is 3.05 bits per heavy atom. The Morgan fingerprint density at radius 1 is 1.29 bits per heavy atom. The number of fused-ring (bicyclic) bond motifs is 1. The lowest BCUT2D eigenvalue weighted by molar-refractivity contribution is 0.0167. The third kappa shape index (κ3) is 4.05. The van der Waals surface area contributed by atoms with E-state index in [-0.39, 0.29) is 0 Å². The minimum absolute atomic E-state index is 0.419. The average molecular weight is 308 g/mol. The van der Waals surface area contributed by atoms with Gasteiger partial charge >= 0.3 is 0 Å². The van der Waals surface area contributed by atoms with Gasteiger partial charge in [0.05, 0.1) is 16.8 Å². The van der Waals surface area contributed by atoms with E-state index in [9.17, 15) is 0 Å². The zero-order valence-corrected chi connectivity index (χ0v) is 14.0. The first-order chi connectivity index (χ1) is 10.4. The van der Waals surface area contributed by atoms with Crippen LogP contribution < -0.4 is 5.32 Å². The number of nitrogens with zero attached hydrogens (tertiary/aromatic N) is 1. The van der Waals surface area contributed by atoms with Crippen molar-refractivity contribution in [3.05, 3.63) is 15.6 Å². The first-order valence-corrected chi connectivity index (χ1v) is 9.49. The molecular weight excluding hydrogens is 280 g/mol. The molecule has 2 unspecified atom stereocenters. The largest absolute Gasteiger partial charge is 0.378 e. The molecular formula is C17H28N2OS. The van der Waals surface area contributed by atoms with Gasteiger partial charge in [0.1, 0.15) is 0 Å². The quantitative estimate of drug-likeness (QED) is 0.814. The van der Waals surface area contributed by atoms with E-state index in [2.05, 4.69) is 12.2 Å². The van der Waals surface area contributed by atoms with Gasteiger partial charge in [0.25, 0.3) is 0 Å². The van der Waals surface area contributed by atoms with Crippen LogP contribution in [0.3, 0.4) is 0 Å². The Kier molecular flexibility index (Phi) is 5.67. The van der Waals surface area contributed by atoms with Crippen LogP contribution in [0.2, 0.25) is 0 Å². The van der Waals surface area contributed by atoms with Crippen molar-refractivity contribution in [3.63, 3.8) is 0 Å². The zero-order valence-electron chi connectivity index (χ0n) is 13.2. The Bertz CT molecular complexity index is 440. The van der Waals surface area contributed by atoms with Crippen molar-refractivity contribution in [2.75, 3.05) is 19.7 Å². The standard InChI is InChI=1S/C17H28N2OS/c1-2-9-18-12-13-6-5-8-15-17(13)19-16(21-15)11-14-7-3-4-10-20-14/h13-14,18H,2-12H2,1H3. The van der Waals surface area contributed by atoms with Crippen molar-refractivity contribution >= 4 is 11.3 Å². The van der Waals surface area contributed by atoms with Crippen molar-refractivity contribution in [2.24, 2.45) is 0 Å². The van der Waals surface area contributed by atoms with E-state index < -0.39 is 0 Å². The molecule has 0 bridgehead atoms. The van der Waals surface area contributed by atoms with Crippen molar-refractivity contribution < 1.29 is 4.74 Å². The van der Waals surface area contributed by atoms with Crippen LogP contribution >= 0.6 is 11.3 Å². The minimum Gasteiger partial charge on any atom is -0.378 e. The van der Waals surface area contributed by atoms with Crippen molar-refractivity contribution in [2.45, 2.75) is 70.3 Å². The van der Waals surface area contributed by atoms with E-state index in [1.807, 2.05) is 11.3 Å². The smallest absolute Gasteiger partial charge is 0.0957 e. The predicted octanol–water partition coefficient (Wildman–Crippen LogP) is 3.67. The van der Waals surface area contributed by atoms with Gasteiger partial charge in [-0.3, -0.25) is 0 Å². The van der Waals surface area contributed by atoms with Crippen LogP contribution in [0.5, 0.6) is 0 Å². The molecule has 21 heavy (non-hydrogen) atoms. The van der Waals surface area contributed by atoms with E-state index in [1.54, 1.807) is 4.88 Å². The van der Waals surface area contributed by atoms with Gasteiger partial charge in [-0.1, -0.05) is 6.92 Å². The fraction of sp³-hybridized carbons (Fsp3) is 0.824. The predicted molar refractivity (Wildman–Crippen MR) is 88.2 cm³/mol. The summed E-state index contributed by atoms with van der Waals surface area (Å²) in [6.07, 6.45) is 10.3. The maximum Gasteiger partial charge on any atom is 0.0957 e. The summed E-state index contributed by atoms with van der Waals surface area (Å²) >= 11 is 1.95. The first-order valence-electron chi connectivity index (χ1n) is 8.67. The molecule has 1 N–H and O–H groups in total. The number of aromatic nitrogens is 1. The number of hydrogen-bond acceptors (Lipinski definition) is 4. The monoisotopic (exact) mass is 308 g/mol. The van der Waals surface area contributed by atoms with Gasteiger partial charge in [0.15, 0.2) is 0 Å². The molecule has 2 aliphatic rings. The van der Waals surface area contributed by atoms with Gasteiger partial charge < -0.3 is 10.1 Å². The van der Waals surface area contributed by atoms with Crippen LogP contribution in [0.25, 0.3) is 0 Å². The molecule has 0 saturated carbocycles. The van der Waals surface area contributed by atoms with Crippen LogP contribution in [0.4, 0.5) is 0 Å². The van der Waals surface area contributed by atoms with Gasteiger partial charge in [0.2, 0.25) is 0 Å². The van der Waals surface area contributed by atoms with Gasteiger partial charge in [-0.2, -0.15) is 0 Å². The summed E-state index contributed by atoms with van der Waals surface area (Å²) in [6.45, 7) is 5.40. The number of ether oxygens (including phenoxy) is 1. The molecule has 3 nitrogen and oxygen atoms in total. The average Bonchev–Trinajstić information content (AvgIpc) is 2.92. The molecule has 0 radical (unpaired) electrons. The fourth-order valence-corrected chi connectivity index (χ4v) is 4.72. The normalized spacial score (nSPS) is 25.8. The molecule has 4 heteroatoms. The third-order valence-corrected chi connectivity index (χ3v) is 5.76. The van der Waals surface area contributed by atoms with Crippen LogP contribution in [0.15, 0.2) is 0 Å². The Hall–Kier alpha value is -0.450. The van der Waals surface area contributed by atoms with E-state index in [0.29, 0.717) is 12.0 Å². The molecule has 1 aliphatic carbocycles. The third-order valence-electron chi connectivity index (χ3n) is 4.61. The van der Waals surface area contributed by atoms with E-state index in [4.69, 9.17) is 9.72 Å². The molecule has 0 aromatic carbocycles. The minimum atomic E-state index is 0.419. The highest BCUT2D eigenvalue weighted by Gasteiger charge is 2.25. The van der Waals surface area contributed by atoms with Crippen LogP contribution in [0, 0.1) is 0 Å². The summed E-state index contributed by atoms with van der Waals surface area (Å²) in [6, 6.07) is 0. The first kappa shape index (κ1) is 15.4. The Morgan fingerprint density at radius 2 is 2.24 bits per heavy atom. The number of thiazole rings is 1. The topological polar surface area (TPSA) is 34.1 Å². The van der Waals surface area contributed by atoms with Crippen molar-refractivity contribution in [1.82, 2.24) is 10.3 Å². The molecule has 1 aromatic heterocycles. The highest BCUT2D eigenvalue weighted by atomic mass is 32.1. The Balaban J connectivity index is 1.62. The van der Waals surface area contributed by atoms with Crippen molar-refractivity contribution in [1.29, 1.82) is 0 Å². The second-order valence-electron chi connectivity index (χ2n) is 6.40. The molecule has 118 valence electrons. The molecule has 0 spiro atoms. The molecule has 1 saturated heterocycles. The molecule has 2 heterocycles. The lowest BCUT2D eigenvalue weighted by Gasteiger charge is -2.21. The molecule has 3 rings (SSSR count). The fourth-order valence-electron chi connectivity index (χ4n) is 3.46. The van der Waals surface area contributed by atoms with Gasteiger partial charge in [0, 0.05) is 30.4 Å². The lowest BCUT2D eigenvalue weighted by Crippen LogP contribution is -2.25. The lowest BCUT2D eigenvalue weighted by atomic mass is 9.91. The van der Waals surface area contributed by atoms with E-state index >= 15 is 0 Å². The number of nitrogens with one attached hydrogen (secondary N) is 1. The van der Waals surface area contributed by atoms with Gasteiger partial charge in [-0.15, -0.1) is 11.3 Å². The summed E-state index contributed by atoms with van der Waals surface area (Å²) in [4.78, 5) is 6.55. The highest BCUT2D eigenvalue weighted by molar-refractivity contribution is 7.11. The molecule has 2 atom stereocenters. The summed E-state index contributed by atoms with van der Waals surface area (Å²) in [5.41, 5.74) is 1.40. The maximum atomic E-state index is 5.87. The summed E-state index contributed by atoms with van der Waals surface area (Å²) in [7, 11) is 0. The number of aryl methyl sites for hydroxylation is 1. The highest BCUT2D eigenvalue weighted by Crippen LogP contribution is 2.35. The molecule has 0 amide bonds.